The zero-order valence-electron chi connectivity index (χ0n) is 17.2. The van der Waals surface area contributed by atoms with Gasteiger partial charge in [-0.2, -0.15) is 0 Å². The Kier molecular flexibility index (Phi) is 6.18. The number of hydrogen-bond donors (Lipinski definition) is 1. The number of hydrogen-bond acceptors (Lipinski definition) is 5. The lowest BCUT2D eigenvalue weighted by Gasteiger charge is -2.14. The number of fused-ring (bicyclic) bond motifs is 1. The lowest BCUT2D eigenvalue weighted by Crippen LogP contribution is -2.29. The van der Waals surface area contributed by atoms with Gasteiger partial charge in [-0.15, -0.1) is 0 Å². The second-order valence-electron chi connectivity index (χ2n) is 7.24. The average molecular weight is 483 g/mol. The van der Waals surface area contributed by atoms with Crippen molar-refractivity contribution >= 4 is 58.3 Å². The van der Waals surface area contributed by atoms with Crippen molar-refractivity contribution in [1.82, 2.24) is 0 Å². The van der Waals surface area contributed by atoms with Gasteiger partial charge in [0.25, 0.3) is 17.7 Å². The first-order chi connectivity index (χ1) is 15.8. The van der Waals surface area contributed by atoms with E-state index in [9.17, 15) is 19.2 Å². The number of para-hydroxylation sites is 1. The number of esters is 1. The number of amides is 3. The molecule has 166 valence electrons. The van der Waals surface area contributed by atoms with Crippen molar-refractivity contribution in [3.63, 3.8) is 0 Å². The largest absolute Gasteiger partial charge is 0.452 e. The van der Waals surface area contributed by atoms with Crippen LogP contribution in [-0.2, 0) is 9.53 Å². The highest BCUT2D eigenvalue weighted by Gasteiger charge is 2.37. The van der Waals surface area contributed by atoms with Crippen LogP contribution in [0.1, 0.15) is 36.6 Å². The van der Waals surface area contributed by atoms with Gasteiger partial charge < -0.3 is 10.1 Å². The topological polar surface area (TPSA) is 92.8 Å². The average Bonchev–Trinajstić information content (AvgIpc) is 3.05. The van der Waals surface area contributed by atoms with Gasteiger partial charge in [-0.05, 0) is 55.0 Å². The molecule has 0 unspecified atom stereocenters. The Morgan fingerprint density at radius 3 is 2.36 bits per heavy atom. The number of nitrogens with one attached hydrogen (secondary N) is 1. The summed E-state index contributed by atoms with van der Waals surface area (Å²) in [5.74, 6) is -2.46. The number of rotatable bonds is 5. The summed E-state index contributed by atoms with van der Waals surface area (Å²) >= 11 is 11.9. The zero-order chi connectivity index (χ0) is 23.7. The number of carbonyl (C=O) groups is 4. The number of carbonyl (C=O) groups excluding carboxylic acids is 4. The summed E-state index contributed by atoms with van der Waals surface area (Å²) in [5, 5.41) is 3.14. The third kappa shape index (κ3) is 4.46. The summed E-state index contributed by atoms with van der Waals surface area (Å²) in [7, 11) is 0. The fourth-order valence-corrected chi connectivity index (χ4v) is 3.63. The molecular formula is C24H16Cl2N2O5. The number of anilines is 2. The van der Waals surface area contributed by atoms with E-state index in [4.69, 9.17) is 27.9 Å². The molecule has 3 aromatic carbocycles. The van der Waals surface area contributed by atoms with Gasteiger partial charge in [0.05, 0.1) is 32.4 Å². The maximum atomic E-state index is 12.9. The summed E-state index contributed by atoms with van der Waals surface area (Å²) in [6, 6.07) is 15.6. The van der Waals surface area contributed by atoms with Gasteiger partial charge in [-0.25, -0.2) is 9.69 Å². The summed E-state index contributed by atoms with van der Waals surface area (Å²) in [4.78, 5) is 51.2. The van der Waals surface area contributed by atoms with Crippen LogP contribution in [0.4, 0.5) is 11.4 Å². The molecule has 0 aromatic heterocycles. The third-order valence-electron chi connectivity index (χ3n) is 5.04. The predicted molar refractivity (Wildman–Crippen MR) is 124 cm³/mol. The highest BCUT2D eigenvalue weighted by Crippen LogP contribution is 2.33. The number of imide groups is 1. The van der Waals surface area contributed by atoms with Gasteiger partial charge >= 0.3 is 5.97 Å². The van der Waals surface area contributed by atoms with E-state index in [0.717, 1.165) is 10.5 Å². The predicted octanol–water partition coefficient (Wildman–Crippen LogP) is 4.90. The van der Waals surface area contributed by atoms with Crippen molar-refractivity contribution < 1.29 is 23.9 Å². The number of ether oxygens (including phenoxy) is 1. The van der Waals surface area contributed by atoms with Crippen molar-refractivity contribution in [2.24, 2.45) is 0 Å². The molecule has 1 aliphatic rings. The van der Waals surface area contributed by atoms with E-state index in [1.165, 1.54) is 36.4 Å². The van der Waals surface area contributed by atoms with E-state index in [0.29, 0.717) is 5.69 Å². The molecule has 0 saturated carbocycles. The highest BCUT2D eigenvalue weighted by atomic mass is 35.5. The van der Waals surface area contributed by atoms with Crippen LogP contribution in [0.5, 0.6) is 0 Å². The lowest BCUT2D eigenvalue weighted by atomic mass is 10.1. The number of halogens is 2. The summed E-state index contributed by atoms with van der Waals surface area (Å²) < 4.78 is 5.07. The van der Waals surface area contributed by atoms with Gasteiger partial charge in [-0.1, -0.05) is 41.4 Å². The van der Waals surface area contributed by atoms with Crippen LogP contribution in [0.15, 0.2) is 60.7 Å². The van der Waals surface area contributed by atoms with Gasteiger partial charge in [0, 0.05) is 5.69 Å². The normalized spacial score (nSPS) is 12.5. The molecule has 0 radical (unpaired) electrons. The standard InChI is InChI=1S/C24H16Cl2N2O5/c1-13-4-2-3-5-20(13)27-21(29)12-33-24(32)14-6-8-16-17(10-14)23(31)28(22(16)30)15-7-9-18(25)19(26)11-15/h2-11H,12H2,1H3,(H,27,29). The van der Waals surface area contributed by atoms with Crippen LogP contribution < -0.4 is 10.2 Å². The molecule has 0 atom stereocenters. The fraction of sp³-hybridized carbons (Fsp3) is 0.0833. The number of nitrogens with zero attached hydrogens (tertiary/aromatic N) is 1. The third-order valence-corrected chi connectivity index (χ3v) is 5.78. The molecule has 0 bridgehead atoms. The van der Waals surface area contributed by atoms with Crippen LogP contribution >= 0.6 is 23.2 Å². The summed E-state index contributed by atoms with van der Waals surface area (Å²) in [6.45, 7) is 1.33. The van der Waals surface area contributed by atoms with Crippen LogP contribution in [0, 0.1) is 6.92 Å². The summed E-state index contributed by atoms with van der Waals surface area (Å²) in [5.41, 5.74) is 1.96. The molecule has 0 fully saturated rings. The Bertz CT molecular complexity index is 1320. The lowest BCUT2D eigenvalue weighted by molar-refractivity contribution is -0.119. The smallest absolute Gasteiger partial charge is 0.338 e. The second kappa shape index (κ2) is 9.05. The molecule has 3 amide bonds. The Morgan fingerprint density at radius 2 is 1.64 bits per heavy atom. The quantitative estimate of drug-likeness (QED) is 0.412. The summed E-state index contributed by atoms with van der Waals surface area (Å²) in [6.07, 6.45) is 0. The van der Waals surface area contributed by atoms with Crippen LogP contribution in [-0.4, -0.2) is 30.3 Å². The Hall–Kier alpha value is -3.68. The molecule has 7 nitrogen and oxygen atoms in total. The Morgan fingerprint density at radius 1 is 0.909 bits per heavy atom. The maximum absolute atomic E-state index is 12.9. The van der Waals surface area contributed by atoms with E-state index in [-0.39, 0.29) is 32.4 Å². The second-order valence-corrected chi connectivity index (χ2v) is 8.06. The van der Waals surface area contributed by atoms with Crippen molar-refractivity contribution in [2.45, 2.75) is 6.92 Å². The minimum absolute atomic E-state index is 0.0366. The molecule has 0 saturated heterocycles. The molecule has 33 heavy (non-hydrogen) atoms. The van der Waals surface area contributed by atoms with Crippen molar-refractivity contribution in [3.8, 4) is 0 Å². The Balaban J connectivity index is 1.47. The molecule has 1 aliphatic heterocycles. The van der Waals surface area contributed by atoms with E-state index in [1.807, 2.05) is 19.1 Å². The molecule has 3 aromatic rings. The maximum Gasteiger partial charge on any atom is 0.338 e. The SMILES string of the molecule is Cc1ccccc1NC(=O)COC(=O)c1ccc2c(c1)C(=O)N(c1ccc(Cl)c(Cl)c1)C2=O. The first kappa shape index (κ1) is 22.5. The van der Waals surface area contributed by atoms with Crippen LogP contribution in [0.3, 0.4) is 0 Å². The highest BCUT2D eigenvalue weighted by molar-refractivity contribution is 6.42. The van der Waals surface area contributed by atoms with Crippen molar-refractivity contribution in [3.05, 3.63) is 93.0 Å². The molecule has 0 aliphatic carbocycles. The van der Waals surface area contributed by atoms with Gasteiger partial charge in [0.1, 0.15) is 0 Å². The first-order valence-electron chi connectivity index (χ1n) is 9.77. The van der Waals surface area contributed by atoms with E-state index in [1.54, 1.807) is 12.1 Å². The minimum atomic E-state index is -0.800. The number of benzene rings is 3. The minimum Gasteiger partial charge on any atom is -0.452 e. The first-order valence-corrected chi connectivity index (χ1v) is 10.5. The van der Waals surface area contributed by atoms with Crippen molar-refractivity contribution in [2.75, 3.05) is 16.8 Å². The Labute approximate surface area is 198 Å². The molecule has 1 heterocycles. The fourth-order valence-electron chi connectivity index (χ4n) is 3.34. The molecule has 9 heteroatoms. The zero-order valence-corrected chi connectivity index (χ0v) is 18.7. The number of aryl methyl sites for hydroxylation is 1. The monoisotopic (exact) mass is 482 g/mol. The molecular weight excluding hydrogens is 467 g/mol. The van der Waals surface area contributed by atoms with Gasteiger partial charge in [0.2, 0.25) is 0 Å². The molecule has 4 rings (SSSR count). The van der Waals surface area contributed by atoms with Gasteiger partial charge in [-0.3, -0.25) is 14.4 Å². The van der Waals surface area contributed by atoms with Crippen LogP contribution in [0.25, 0.3) is 0 Å². The van der Waals surface area contributed by atoms with Crippen molar-refractivity contribution in [1.29, 1.82) is 0 Å². The van der Waals surface area contributed by atoms with E-state index < -0.39 is 30.3 Å². The molecule has 0 spiro atoms. The van der Waals surface area contributed by atoms with E-state index >= 15 is 0 Å². The van der Waals surface area contributed by atoms with Gasteiger partial charge in [0.15, 0.2) is 6.61 Å². The van der Waals surface area contributed by atoms with E-state index in [2.05, 4.69) is 5.32 Å². The molecule has 1 N–H and O–H groups in total. The van der Waals surface area contributed by atoms with Crippen LogP contribution in [0.2, 0.25) is 10.0 Å².